The van der Waals surface area contributed by atoms with E-state index in [0.717, 1.165) is 4.90 Å². The van der Waals surface area contributed by atoms with Gasteiger partial charge in [-0.15, -0.1) is 0 Å². The topological polar surface area (TPSA) is 41.5 Å². The molecule has 3 nitrogen and oxygen atoms in total. The molecule has 2 rings (SSSR count). The molecule has 0 unspecified atom stereocenters. The van der Waals surface area contributed by atoms with E-state index in [4.69, 9.17) is 0 Å². The van der Waals surface area contributed by atoms with Crippen LogP contribution in [0.4, 0.5) is 22.0 Å². The summed E-state index contributed by atoms with van der Waals surface area (Å²) in [5.41, 5.74) is 0. The quantitative estimate of drug-likeness (QED) is 0.161. The van der Waals surface area contributed by atoms with Crippen LogP contribution in [0.3, 0.4) is 0 Å². The van der Waals surface area contributed by atoms with Crippen molar-refractivity contribution in [3.05, 3.63) is 59.4 Å². The van der Waals surface area contributed by atoms with E-state index in [0.29, 0.717) is 0 Å². The molecule has 0 saturated heterocycles. The minimum Gasteiger partial charge on any atom is -0.691 e. The number of halogens is 5. The Morgan fingerprint density at radius 1 is 0.818 bits per heavy atom. The van der Waals surface area contributed by atoms with E-state index in [2.05, 4.69) is 22.0 Å². The lowest BCUT2D eigenvalue weighted by molar-refractivity contribution is -0.777. The molecule has 2 aromatic rings. The van der Waals surface area contributed by atoms with Crippen molar-refractivity contribution >= 4 is 24.7 Å². The van der Waals surface area contributed by atoms with Gasteiger partial charge in [0, 0.05) is 0 Å². The molecule has 22 heavy (non-hydrogen) atoms. The fourth-order valence-corrected chi connectivity index (χ4v) is 1.76. The van der Waals surface area contributed by atoms with E-state index in [1.54, 1.807) is 0 Å². The monoisotopic (exact) mass is 358 g/mol. The predicted molar refractivity (Wildman–Crippen MR) is 69.1 cm³/mol. The zero-order valence-electron chi connectivity index (χ0n) is 10.4. The predicted octanol–water partition coefficient (Wildman–Crippen LogP) is 2.67. The number of rotatable bonds is 3. The number of hydrogen-bond acceptors (Lipinski definition) is 4. The van der Waals surface area contributed by atoms with E-state index in [-0.39, 0.29) is 0 Å². The van der Waals surface area contributed by atoms with Crippen molar-refractivity contribution in [3.8, 4) is 0 Å². The van der Waals surface area contributed by atoms with E-state index in [1.807, 2.05) is 30.3 Å². The van der Waals surface area contributed by atoms with Crippen LogP contribution in [0.1, 0.15) is 0 Å². The third-order valence-corrected chi connectivity index (χ3v) is 3.07. The lowest BCUT2D eigenvalue weighted by Gasteiger charge is -2.07. The summed E-state index contributed by atoms with van der Waals surface area (Å²) in [5, 5.41) is 12.0. The first-order chi connectivity index (χ1) is 10.4. The second-order valence-corrected chi connectivity index (χ2v) is 4.77. The fraction of sp³-hybridized carbons (Fsp3) is 0. The van der Waals surface area contributed by atoms with Crippen LogP contribution in [0, 0.1) is 29.1 Å². The van der Waals surface area contributed by atoms with Crippen LogP contribution in [0.2, 0.25) is 0 Å². The van der Waals surface area contributed by atoms with E-state index in [9.17, 15) is 27.2 Å². The summed E-state index contributed by atoms with van der Waals surface area (Å²) in [6, 6.07) is 9.96. The Morgan fingerprint density at radius 2 is 1.27 bits per heavy atom. The fourth-order valence-electron chi connectivity index (χ4n) is 1.14. The molecule has 0 aromatic heterocycles. The maximum atomic E-state index is 12.7. The normalized spacial score (nSPS) is 10.1. The van der Waals surface area contributed by atoms with E-state index < -0.39 is 46.0 Å². The molecule has 0 bridgehead atoms. The van der Waals surface area contributed by atoms with Crippen LogP contribution < -0.4 is 5.26 Å². The maximum absolute atomic E-state index is 12.7. The van der Waals surface area contributed by atoms with E-state index in [1.165, 1.54) is 0 Å². The highest BCUT2D eigenvalue weighted by molar-refractivity contribution is 7.94. The molecule has 0 aliphatic carbocycles. The molecule has 2 aromatic carbocycles. The van der Waals surface area contributed by atoms with Gasteiger partial charge in [-0.25, -0.2) is 22.0 Å². The summed E-state index contributed by atoms with van der Waals surface area (Å²) in [6.45, 7) is 0. The molecule has 0 aliphatic heterocycles. The second-order valence-electron chi connectivity index (χ2n) is 3.48. The summed E-state index contributed by atoms with van der Waals surface area (Å²) >= 11 is 2.94. The first-order valence-corrected chi connectivity index (χ1v) is 6.55. The molecule has 10 heteroatoms. The Labute approximate surface area is 131 Å². The van der Waals surface area contributed by atoms with Gasteiger partial charge in [-0.2, -0.15) is 4.33 Å². The lowest BCUT2D eigenvalue weighted by Crippen LogP contribution is -2.05. The Morgan fingerprint density at radius 3 is 1.64 bits per heavy atom. The molecule has 0 aliphatic rings. The molecule has 120 valence electrons. The first-order valence-electron chi connectivity index (χ1n) is 5.31. The van der Waals surface area contributed by atoms with Gasteiger partial charge in [-0.05, 0) is 24.8 Å². The Bertz CT molecular complexity index is 599. The summed E-state index contributed by atoms with van der Waals surface area (Å²) in [6.07, 6.45) is 0. The zero-order valence-corrected chi connectivity index (χ0v) is 12.2. The van der Waals surface area contributed by atoms with Crippen LogP contribution in [-0.4, -0.2) is 0 Å². The van der Waals surface area contributed by atoms with Crippen molar-refractivity contribution in [2.45, 2.75) is 9.79 Å². The van der Waals surface area contributed by atoms with Gasteiger partial charge in [-0.3, -0.25) is 5.04 Å². The number of benzene rings is 2. The Balaban J connectivity index is 0.000000287. The zero-order chi connectivity index (χ0) is 16.7. The summed E-state index contributed by atoms with van der Waals surface area (Å²) < 4.78 is 66.4. The minimum absolute atomic E-state index is 0.421. The average molecular weight is 358 g/mol. The Kier molecular flexibility index (Phi) is 7.62. The smallest absolute Gasteiger partial charge is 0.200 e. The van der Waals surface area contributed by atoms with Crippen LogP contribution in [0.25, 0.3) is 0 Å². The molecular formula is C12H7F5O3S2. The van der Waals surface area contributed by atoms with Crippen molar-refractivity contribution < 1.29 is 36.6 Å². The first kappa shape index (κ1) is 18.7. The van der Waals surface area contributed by atoms with Crippen LogP contribution in [-0.2, 0) is 22.0 Å². The van der Waals surface area contributed by atoms with Gasteiger partial charge in [0.1, 0.15) is 9.79 Å². The van der Waals surface area contributed by atoms with Gasteiger partial charge in [0.15, 0.2) is 23.3 Å². The van der Waals surface area contributed by atoms with Crippen LogP contribution in [0.15, 0.2) is 40.1 Å². The van der Waals surface area contributed by atoms with Crippen molar-refractivity contribution in [1.29, 1.82) is 0 Å². The minimum atomic E-state index is -2.29. The molecule has 0 N–H and O–H groups in total. The largest absolute Gasteiger partial charge is 0.691 e. The van der Waals surface area contributed by atoms with Gasteiger partial charge < -0.3 is 5.26 Å². The van der Waals surface area contributed by atoms with Gasteiger partial charge in [0.25, 0.3) is 0 Å². The third kappa shape index (κ3) is 4.85. The molecule has 0 atom stereocenters. The summed E-state index contributed by atoms with van der Waals surface area (Å²) in [5.74, 6) is -10.8. The highest BCUT2D eigenvalue weighted by atomic mass is 32.2. The number of hydrogen-bond donors (Lipinski definition) is 0. The highest BCUT2D eigenvalue weighted by Crippen LogP contribution is 2.31. The molecule has 0 fully saturated rings. The SMILES string of the molecule is [O-]OOSc1c(F)c(F)c(F)c(F)c1F.[SH2+]c1ccccc1. The highest BCUT2D eigenvalue weighted by Gasteiger charge is 2.26. The van der Waals surface area contributed by atoms with Crippen molar-refractivity contribution in [2.75, 3.05) is 0 Å². The van der Waals surface area contributed by atoms with Crippen molar-refractivity contribution in [1.82, 2.24) is 0 Å². The summed E-state index contributed by atoms with van der Waals surface area (Å²) in [4.78, 5) is -0.232. The summed E-state index contributed by atoms with van der Waals surface area (Å²) in [7, 11) is 0. The van der Waals surface area contributed by atoms with E-state index >= 15 is 0 Å². The van der Waals surface area contributed by atoms with Crippen LogP contribution in [0.5, 0.6) is 0 Å². The van der Waals surface area contributed by atoms with Crippen molar-refractivity contribution in [3.63, 3.8) is 0 Å². The second kappa shape index (κ2) is 8.96. The standard InChI is InChI=1S/C6HF5O3S.C6H6S/c7-1-2(8)4(10)6(15-14-13-12)5(11)3(1)9;7-6-4-2-1-3-5-6/h12H;1-5,7H. The van der Waals surface area contributed by atoms with Gasteiger partial charge in [0.05, 0.1) is 12.0 Å². The lowest BCUT2D eigenvalue weighted by atomic mass is 10.3. The van der Waals surface area contributed by atoms with Crippen molar-refractivity contribution in [2.24, 2.45) is 0 Å². The molecule has 0 amide bonds. The van der Waals surface area contributed by atoms with Gasteiger partial charge in [0.2, 0.25) is 5.82 Å². The third-order valence-electron chi connectivity index (χ3n) is 2.09. The van der Waals surface area contributed by atoms with Gasteiger partial charge in [-0.1, -0.05) is 18.2 Å². The molecular weight excluding hydrogens is 351 g/mol. The van der Waals surface area contributed by atoms with Crippen LogP contribution >= 0.6 is 12.0 Å². The molecule has 0 radical (unpaired) electrons. The van der Waals surface area contributed by atoms with Gasteiger partial charge >= 0.3 is 0 Å². The average Bonchev–Trinajstić information content (AvgIpc) is 2.52. The molecule has 0 spiro atoms. The molecule has 0 heterocycles. The maximum Gasteiger partial charge on any atom is 0.200 e. The molecule has 0 saturated carbocycles. The Hall–Kier alpha value is -1.33.